The van der Waals surface area contributed by atoms with Crippen LogP contribution >= 0.6 is 0 Å². The molecule has 0 spiro atoms. The number of carbonyl (C=O) groups is 1. The summed E-state index contributed by atoms with van der Waals surface area (Å²) in [6.07, 6.45) is -12.3. The van der Waals surface area contributed by atoms with Crippen molar-refractivity contribution in [2.75, 3.05) is 20.3 Å². The van der Waals surface area contributed by atoms with E-state index in [1.54, 1.807) is 6.07 Å². The van der Waals surface area contributed by atoms with Crippen molar-refractivity contribution in [3.63, 3.8) is 0 Å². The van der Waals surface area contributed by atoms with Gasteiger partial charge in [-0.25, -0.2) is 4.79 Å². The summed E-state index contributed by atoms with van der Waals surface area (Å²) in [7, 11) is 1.36. The molecule has 15 nitrogen and oxygen atoms in total. The average molecular weight is 639 g/mol. The Kier molecular flexibility index (Phi) is 11.6. The number of rotatable bonds is 11. The molecule has 2 aromatic carbocycles. The number of aliphatic hydroxyl groups excluding tert-OH is 5. The molecule has 0 unspecified atom stereocenters. The molecule has 0 amide bonds. The van der Waals surface area contributed by atoms with Gasteiger partial charge in [-0.3, -0.25) is 0 Å². The average Bonchev–Trinajstić information content (AvgIpc) is 3.02. The summed E-state index contributed by atoms with van der Waals surface area (Å²) in [5, 5.41) is 81.4. The second kappa shape index (κ2) is 15.2. The molecule has 2 aromatic rings. The summed E-state index contributed by atoms with van der Waals surface area (Å²) in [6.45, 7) is 0.645. The predicted octanol–water partition coefficient (Wildman–Crippen LogP) is -0.713. The molecule has 0 aromatic heterocycles. The van der Waals surface area contributed by atoms with E-state index in [4.69, 9.17) is 28.4 Å². The van der Waals surface area contributed by atoms with Crippen molar-refractivity contribution in [1.82, 2.24) is 0 Å². The second-order valence-corrected chi connectivity index (χ2v) is 10.6. The molecule has 10 atom stereocenters. The number of phenols is 3. The van der Waals surface area contributed by atoms with Gasteiger partial charge < -0.3 is 69.3 Å². The molecule has 2 saturated heterocycles. The number of hydrogen-bond acceptors (Lipinski definition) is 15. The third-order valence-corrected chi connectivity index (χ3v) is 7.47. The number of aliphatic hydroxyl groups is 5. The Labute approximate surface area is 258 Å². The van der Waals surface area contributed by atoms with E-state index in [1.807, 2.05) is 0 Å². The van der Waals surface area contributed by atoms with Crippen molar-refractivity contribution < 1.29 is 74.1 Å². The van der Waals surface area contributed by atoms with E-state index in [0.29, 0.717) is 11.1 Å². The van der Waals surface area contributed by atoms with Crippen molar-refractivity contribution >= 4 is 12.0 Å². The lowest BCUT2D eigenvalue weighted by Gasteiger charge is -2.46. The first-order chi connectivity index (χ1) is 21.4. The summed E-state index contributed by atoms with van der Waals surface area (Å²) >= 11 is 0. The molecule has 45 heavy (non-hydrogen) atoms. The van der Waals surface area contributed by atoms with Gasteiger partial charge in [0.05, 0.1) is 26.4 Å². The van der Waals surface area contributed by atoms with Gasteiger partial charge in [0.25, 0.3) is 0 Å². The maximum Gasteiger partial charge on any atom is 0.331 e. The van der Waals surface area contributed by atoms with E-state index < -0.39 is 74.0 Å². The van der Waals surface area contributed by atoms with Crippen LogP contribution in [0, 0.1) is 0 Å². The number of esters is 1. The zero-order chi connectivity index (χ0) is 32.8. The highest BCUT2D eigenvalue weighted by Crippen LogP contribution is 2.32. The lowest BCUT2D eigenvalue weighted by Crippen LogP contribution is -2.65. The number of aromatic hydroxyl groups is 3. The van der Waals surface area contributed by atoms with Crippen LogP contribution in [0.3, 0.4) is 0 Å². The zero-order valence-electron chi connectivity index (χ0n) is 24.4. The Morgan fingerprint density at radius 3 is 2.29 bits per heavy atom. The fourth-order valence-electron chi connectivity index (χ4n) is 4.91. The van der Waals surface area contributed by atoms with Crippen molar-refractivity contribution in [3.05, 3.63) is 53.6 Å². The van der Waals surface area contributed by atoms with E-state index in [9.17, 15) is 45.6 Å². The minimum absolute atomic E-state index is 0.0649. The molecular weight excluding hydrogens is 600 g/mol. The third-order valence-electron chi connectivity index (χ3n) is 7.47. The Morgan fingerprint density at radius 2 is 1.60 bits per heavy atom. The number of carbonyl (C=O) groups excluding carboxylic acids is 1. The van der Waals surface area contributed by atoms with Gasteiger partial charge in [-0.05, 0) is 54.8 Å². The third kappa shape index (κ3) is 8.21. The molecule has 0 bridgehead atoms. The summed E-state index contributed by atoms with van der Waals surface area (Å²) in [5.74, 6) is -1.49. The summed E-state index contributed by atoms with van der Waals surface area (Å²) in [6, 6.07) is 8.54. The van der Waals surface area contributed by atoms with Crippen LogP contribution in [0.1, 0.15) is 18.1 Å². The molecule has 0 aliphatic carbocycles. The van der Waals surface area contributed by atoms with E-state index in [-0.39, 0.29) is 36.0 Å². The Hall–Kier alpha value is -3.51. The quantitative estimate of drug-likeness (QED) is 0.0862. The zero-order valence-corrected chi connectivity index (χ0v) is 24.4. The molecule has 2 aliphatic heterocycles. The van der Waals surface area contributed by atoms with E-state index in [1.165, 1.54) is 50.4 Å². The van der Waals surface area contributed by atoms with Gasteiger partial charge in [-0.1, -0.05) is 12.1 Å². The summed E-state index contributed by atoms with van der Waals surface area (Å²) in [5.41, 5.74) is 1.07. The SMILES string of the molecule is COc1cc(/C=C/C(=O)O[C@H]2[C@H](O[C@H]3O[C@@H](C)[C@H](O)[C@@H](O)[C@H]3O)[C@@H](O)[C@H](OCCc3ccc(O)c(O)c3)O[C@@H]2CO)ccc1O. The normalized spacial score (nSPS) is 32.0. The maximum absolute atomic E-state index is 12.9. The number of methoxy groups -OCH3 is 1. The van der Waals surface area contributed by atoms with Gasteiger partial charge >= 0.3 is 5.97 Å². The Balaban J connectivity index is 1.52. The van der Waals surface area contributed by atoms with Crippen LogP contribution in [-0.2, 0) is 34.9 Å². The fourth-order valence-corrected chi connectivity index (χ4v) is 4.91. The Bertz CT molecular complexity index is 1320. The van der Waals surface area contributed by atoms with Crippen LogP contribution in [-0.4, -0.2) is 129 Å². The van der Waals surface area contributed by atoms with Crippen LogP contribution < -0.4 is 4.74 Å². The summed E-state index contributed by atoms with van der Waals surface area (Å²) < 4.78 is 33.4. The first-order valence-electron chi connectivity index (χ1n) is 14.1. The first-order valence-corrected chi connectivity index (χ1v) is 14.1. The summed E-state index contributed by atoms with van der Waals surface area (Å²) in [4.78, 5) is 12.9. The van der Waals surface area contributed by atoms with Crippen molar-refractivity contribution in [1.29, 1.82) is 0 Å². The van der Waals surface area contributed by atoms with Gasteiger partial charge in [-0.15, -0.1) is 0 Å². The topological polar surface area (TPSA) is 234 Å². The number of phenolic OH excluding ortho intramolecular Hbond substituents is 3. The highest BCUT2D eigenvalue weighted by molar-refractivity contribution is 5.87. The van der Waals surface area contributed by atoms with Crippen LogP contribution in [0.15, 0.2) is 42.5 Å². The molecule has 0 saturated carbocycles. The van der Waals surface area contributed by atoms with Gasteiger partial charge in [0.1, 0.15) is 36.6 Å². The number of benzene rings is 2. The number of ether oxygens (including phenoxy) is 6. The standard InChI is InChI=1S/C30H38O15/c1-14-23(36)24(37)25(38)30(42-14)45-28-26(39)29(41-10-9-16-3-6-17(32)19(34)11-16)43-21(13-31)27(28)44-22(35)8-5-15-4-7-18(33)20(12-15)40-2/h3-8,11-12,14,21,23-34,36-39H,9-10,13H2,1-2H3/b8-5+/t14-,21+,23-,24+,25+,26+,27+,28+,29+,30+/m0/s1. The van der Waals surface area contributed by atoms with Crippen LogP contribution in [0.25, 0.3) is 6.08 Å². The van der Waals surface area contributed by atoms with Gasteiger partial charge in [0, 0.05) is 6.08 Å². The molecule has 8 N–H and O–H groups in total. The van der Waals surface area contributed by atoms with Crippen LogP contribution in [0.4, 0.5) is 0 Å². The minimum Gasteiger partial charge on any atom is -0.504 e. The van der Waals surface area contributed by atoms with E-state index in [2.05, 4.69) is 0 Å². The predicted molar refractivity (Wildman–Crippen MR) is 152 cm³/mol. The lowest BCUT2D eigenvalue weighted by molar-refractivity contribution is -0.357. The highest BCUT2D eigenvalue weighted by atomic mass is 16.7. The van der Waals surface area contributed by atoms with Crippen molar-refractivity contribution in [3.8, 4) is 23.0 Å². The fraction of sp³-hybridized carbons (Fsp3) is 0.500. The monoisotopic (exact) mass is 638 g/mol. The molecule has 2 aliphatic rings. The molecular formula is C30H38O15. The molecule has 0 radical (unpaired) electrons. The smallest absolute Gasteiger partial charge is 0.331 e. The largest absolute Gasteiger partial charge is 0.504 e. The molecule has 2 fully saturated rings. The number of hydrogen-bond donors (Lipinski definition) is 8. The second-order valence-electron chi connectivity index (χ2n) is 10.6. The van der Waals surface area contributed by atoms with Crippen molar-refractivity contribution in [2.24, 2.45) is 0 Å². The minimum atomic E-state index is -1.76. The van der Waals surface area contributed by atoms with Crippen molar-refractivity contribution in [2.45, 2.75) is 74.8 Å². The molecule has 2 heterocycles. The van der Waals surface area contributed by atoms with Gasteiger partial charge in [0.15, 0.2) is 41.7 Å². The Morgan fingerprint density at radius 1 is 0.867 bits per heavy atom. The van der Waals surface area contributed by atoms with Gasteiger partial charge in [-0.2, -0.15) is 0 Å². The van der Waals surface area contributed by atoms with E-state index in [0.717, 1.165) is 6.08 Å². The molecule has 4 rings (SSSR count). The lowest BCUT2D eigenvalue weighted by atomic mass is 9.97. The highest BCUT2D eigenvalue weighted by Gasteiger charge is 2.52. The van der Waals surface area contributed by atoms with Gasteiger partial charge in [0.2, 0.25) is 0 Å². The van der Waals surface area contributed by atoms with Crippen LogP contribution in [0.5, 0.6) is 23.0 Å². The van der Waals surface area contributed by atoms with E-state index >= 15 is 0 Å². The van der Waals surface area contributed by atoms with Crippen LogP contribution in [0.2, 0.25) is 0 Å². The molecule has 15 heteroatoms. The molecule has 248 valence electrons. The maximum atomic E-state index is 12.9. The first kappa shape index (κ1) is 34.4.